The summed E-state index contributed by atoms with van der Waals surface area (Å²) in [5.41, 5.74) is 0. The smallest absolute Gasteiger partial charge is 0.305 e. The molecule has 0 radical (unpaired) electrons. The number of carbonyl (C=O) groups excluding carboxylic acids is 1. The molecule has 3 nitrogen and oxygen atoms in total. The Morgan fingerprint density at radius 1 is 1.64 bits per heavy atom. The number of hydrogen-bond donors (Lipinski definition) is 0. The van der Waals surface area contributed by atoms with Crippen LogP contribution in [0.2, 0.25) is 0 Å². The van der Waals surface area contributed by atoms with Crippen LogP contribution in [0.5, 0.6) is 0 Å². The van der Waals surface area contributed by atoms with E-state index in [1.807, 2.05) is 13.0 Å². The van der Waals surface area contributed by atoms with E-state index in [1.165, 1.54) is 7.11 Å². The van der Waals surface area contributed by atoms with Crippen LogP contribution in [0.25, 0.3) is 0 Å². The van der Waals surface area contributed by atoms with E-state index in [1.54, 1.807) is 18.0 Å². The first kappa shape index (κ1) is 11.2. The lowest BCUT2D eigenvalue weighted by Crippen LogP contribution is -1.99. The minimum Gasteiger partial charge on any atom is -0.469 e. The van der Waals surface area contributed by atoms with Gasteiger partial charge in [-0.1, -0.05) is 0 Å². The summed E-state index contributed by atoms with van der Waals surface area (Å²) in [6.07, 6.45) is 3.00. The van der Waals surface area contributed by atoms with Gasteiger partial charge in [-0.3, -0.25) is 4.79 Å². The van der Waals surface area contributed by atoms with E-state index in [-0.39, 0.29) is 5.97 Å². The zero-order valence-electron chi connectivity index (χ0n) is 8.41. The maximum Gasteiger partial charge on any atom is 0.305 e. The van der Waals surface area contributed by atoms with Crippen molar-refractivity contribution in [2.24, 2.45) is 0 Å². The zero-order chi connectivity index (χ0) is 10.4. The predicted molar refractivity (Wildman–Crippen MR) is 55.4 cm³/mol. The molecule has 0 saturated heterocycles. The summed E-state index contributed by atoms with van der Waals surface area (Å²) in [6.45, 7) is 1.93. The molecule has 4 heteroatoms. The molecule has 1 aromatic rings. The fourth-order valence-corrected chi connectivity index (χ4v) is 1.94. The van der Waals surface area contributed by atoms with Crippen LogP contribution in [-0.2, 0) is 9.53 Å². The number of hydrogen-bond acceptors (Lipinski definition) is 4. The fraction of sp³-hybridized carbons (Fsp3) is 0.500. The van der Waals surface area contributed by atoms with Crippen molar-refractivity contribution >= 4 is 17.7 Å². The Morgan fingerprint density at radius 3 is 3.00 bits per heavy atom. The van der Waals surface area contributed by atoms with E-state index in [9.17, 15) is 4.79 Å². The molecule has 0 aliphatic rings. The van der Waals surface area contributed by atoms with Crippen LogP contribution in [0.4, 0.5) is 0 Å². The first-order valence-electron chi connectivity index (χ1n) is 4.47. The normalized spacial score (nSPS) is 10.1. The Kier molecular flexibility index (Phi) is 4.59. The van der Waals surface area contributed by atoms with Gasteiger partial charge in [0.1, 0.15) is 5.76 Å². The van der Waals surface area contributed by atoms with Gasteiger partial charge in [0.05, 0.1) is 13.4 Å². The highest BCUT2D eigenvalue weighted by Gasteiger charge is 2.03. The van der Waals surface area contributed by atoms with Crippen molar-refractivity contribution in [3.63, 3.8) is 0 Å². The van der Waals surface area contributed by atoms with Crippen LogP contribution < -0.4 is 0 Å². The van der Waals surface area contributed by atoms with Gasteiger partial charge in [-0.05, 0) is 25.2 Å². The summed E-state index contributed by atoms with van der Waals surface area (Å²) in [4.78, 5) is 11.9. The average Bonchev–Trinajstić information content (AvgIpc) is 2.58. The van der Waals surface area contributed by atoms with Crippen LogP contribution in [0.15, 0.2) is 21.6 Å². The van der Waals surface area contributed by atoms with E-state index in [4.69, 9.17) is 4.42 Å². The lowest BCUT2D eigenvalue weighted by atomic mass is 10.3. The number of methoxy groups -OCH3 is 1. The van der Waals surface area contributed by atoms with E-state index >= 15 is 0 Å². The number of rotatable bonds is 5. The molecule has 0 bridgehead atoms. The van der Waals surface area contributed by atoms with Crippen LogP contribution >= 0.6 is 11.8 Å². The molecule has 14 heavy (non-hydrogen) atoms. The standard InChI is InChI=1S/C10H14O3S/c1-8-9(5-6-13-8)14-7-3-4-10(11)12-2/h5-6H,3-4,7H2,1-2H3. The molecule has 0 aliphatic carbocycles. The Bertz CT molecular complexity index is 293. The second kappa shape index (κ2) is 5.75. The summed E-state index contributed by atoms with van der Waals surface area (Å²) >= 11 is 1.70. The van der Waals surface area contributed by atoms with Crippen molar-refractivity contribution in [3.05, 3.63) is 18.1 Å². The van der Waals surface area contributed by atoms with Crippen LogP contribution in [0.1, 0.15) is 18.6 Å². The number of ether oxygens (including phenoxy) is 1. The van der Waals surface area contributed by atoms with E-state index in [0.29, 0.717) is 6.42 Å². The molecule has 0 amide bonds. The van der Waals surface area contributed by atoms with Gasteiger partial charge in [-0.15, -0.1) is 11.8 Å². The highest BCUT2D eigenvalue weighted by Crippen LogP contribution is 2.23. The van der Waals surface area contributed by atoms with Crippen molar-refractivity contribution in [1.29, 1.82) is 0 Å². The van der Waals surface area contributed by atoms with E-state index < -0.39 is 0 Å². The van der Waals surface area contributed by atoms with Crippen LogP contribution in [-0.4, -0.2) is 18.8 Å². The first-order valence-corrected chi connectivity index (χ1v) is 5.46. The lowest BCUT2D eigenvalue weighted by Gasteiger charge is -1.99. The molecule has 78 valence electrons. The summed E-state index contributed by atoms with van der Waals surface area (Å²) < 4.78 is 9.70. The molecule has 1 heterocycles. The van der Waals surface area contributed by atoms with Gasteiger partial charge in [0.2, 0.25) is 0 Å². The Hall–Kier alpha value is -0.900. The third kappa shape index (κ3) is 3.46. The molecule has 0 unspecified atom stereocenters. The molecule has 0 atom stereocenters. The topological polar surface area (TPSA) is 39.4 Å². The molecule has 0 spiro atoms. The van der Waals surface area contributed by atoms with Gasteiger partial charge < -0.3 is 9.15 Å². The van der Waals surface area contributed by atoms with Gasteiger partial charge >= 0.3 is 5.97 Å². The molecule has 1 rings (SSSR count). The third-order valence-electron chi connectivity index (χ3n) is 1.82. The Morgan fingerprint density at radius 2 is 2.43 bits per heavy atom. The second-order valence-electron chi connectivity index (χ2n) is 2.87. The maximum absolute atomic E-state index is 10.8. The van der Waals surface area contributed by atoms with Crippen LogP contribution in [0.3, 0.4) is 0 Å². The molecule has 0 saturated carbocycles. The summed E-state index contributed by atoms with van der Waals surface area (Å²) in [7, 11) is 1.41. The van der Waals surface area contributed by atoms with Crippen molar-refractivity contribution in [3.8, 4) is 0 Å². The number of thioether (sulfide) groups is 1. The van der Waals surface area contributed by atoms with Gasteiger partial charge in [-0.2, -0.15) is 0 Å². The SMILES string of the molecule is COC(=O)CCCSc1ccoc1C. The van der Waals surface area contributed by atoms with E-state index in [2.05, 4.69) is 4.74 Å². The summed E-state index contributed by atoms with van der Waals surface area (Å²) in [5, 5.41) is 0. The minimum atomic E-state index is -0.144. The van der Waals surface area contributed by atoms with Crippen molar-refractivity contribution < 1.29 is 13.9 Å². The first-order chi connectivity index (χ1) is 6.74. The number of esters is 1. The lowest BCUT2D eigenvalue weighted by molar-refractivity contribution is -0.140. The molecule has 0 aliphatic heterocycles. The molecular formula is C10H14O3S. The highest BCUT2D eigenvalue weighted by molar-refractivity contribution is 7.99. The molecule has 0 aromatic carbocycles. The molecule has 0 N–H and O–H groups in total. The number of carbonyl (C=O) groups is 1. The molecular weight excluding hydrogens is 200 g/mol. The molecule has 0 fully saturated rings. The van der Waals surface area contributed by atoms with E-state index in [0.717, 1.165) is 22.8 Å². The number of aryl methyl sites for hydroxylation is 1. The van der Waals surface area contributed by atoms with Crippen LogP contribution in [0, 0.1) is 6.92 Å². The quantitative estimate of drug-likeness (QED) is 0.429. The van der Waals surface area contributed by atoms with Crippen molar-refractivity contribution in [2.45, 2.75) is 24.7 Å². The van der Waals surface area contributed by atoms with Gasteiger partial charge in [0, 0.05) is 11.3 Å². The van der Waals surface area contributed by atoms with Crippen molar-refractivity contribution in [1.82, 2.24) is 0 Å². The number of furan rings is 1. The largest absolute Gasteiger partial charge is 0.469 e. The maximum atomic E-state index is 10.8. The second-order valence-corrected chi connectivity index (χ2v) is 4.01. The summed E-state index contributed by atoms with van der Waals surface area (Å²) in [5.74, 6) is 1.71. The highest BCUT2D eigenvalue weighted by atomic mass is 32.2. The monoisotopic (exact) mass is 214 g/mol. The molecule has 1 aromatic heterocycles. The minimum absolute atomic E-state index is 0.144. The third-order valence-corrected chi connectivity index (χ3v) is 3.05. The zero-order valence-corrected chi connectivity index (χ0v) is 9.23. The average molecular weight is 214 g/mol. The van der Waals surface area contributed by atoms with Gasteiger partial charge in [-0.25, -0.2) is 0 Å². The van der Waals surface area contributed by atoms with Gasteiger partial charge in [0.15, 0.2) is 0 Å². The van der Waals surface area contributed by atoms with Crippen molar-refractivity contribution in [2.75, 3.05) is 12.9 Å². The fourth-order valence-electron chi connectivity index (χ4n) is 1.02. The summed E-state index contributed by atoms with van der Waals surface area (Å²) in [6, 6.07) is 1.94. The van der Waals surface area contributed by atoms with Gasteiger partial charge in [0.25, 0.3) is 0 Å². The Balaban J connectivity index is 2.16. The Labute approximate surface area is 87.8 Å². The predicted octanol–water partition coefficient (Wildman–Crippen LogP) is 2.63.